The number of benzene rings is 2. The van der Waals surface area contributed by atoms with Crippen molar-refractivity contribution in [2.24, 2.45) is 0 Å². The maximum absolute atomic E-state index is 10.8. The Morgan fingerprint density at radius 3 is 2.33 bits per heavy atom. The molecule has 0 amide bonds. The van der Waals surface area contributed by atoms with Gasteiger partial charge in [0.15, 0.2) is 5.11 Å². The summed E-state index contributed by atoms with van der Waals surface area (Å²) in [6.45, 7) is 0.739. The minimum atomic E-state index is -0.940. The van der Waals surface area contributed by atoms with Crippen LogP contribution in [-0.4, -0.2) is 22.7 Å². The van der Waals surface area contributed by atoms with E-state index in [1.807, 2.05) is 18.2 Å². The molecule has 2 rings (SSSR count). The van der Waals surface area contributed by atoms with Crippen LogP contribution in [0.4, 0.5) is 5.69 Å². The van der Waals surface area contributed by atoms with E-state index in [2.05, 4.69) is 22.8 Å². The smallest absolute Gasteiger partial charge is 0.335 e. The van der Waals surface area contributed by atoms with Crippen molar-refractivity contribution in [2.75, 3.05) is 11.9 Å². The summed E-state index contributed by atoms with van der Waals surface area (Å²) in [5, 5.41) is 15.5. The van der Waals surface area contributed by atoms with E-state index in [9.17, 15) is 4.79 Å². The monoisotopic (exact) mass is 300 g/mol. The molecule has 0 aromatic heterocycles. The molecular weight excluding hydrogens is 284 g/mol. The number of carboxylic acids is 1. The summed E-state index contributed by atoms with van der Waals surface area (Å²) < 4.78 is 0. The van der Waals surface area contributed by atoms with Crippen LogP contribution < -0.4 is 10.6 Å². The molecule has 0 heterocycles. The number of aromatic carboxylic acids is 1. The Morgan fingerprint density at radius 1 is 1.05 bits per heavy atom. The van der Waals surface area contributed by atoms with Crippen molar-refractivity contribution in [1.82, 2.24) is 5.32 Å². The van der Waals surface area contributed by atoms with Gasteiger partial charge in [0, 0.05) is 12.2 Å². The third-order valence-electron chi connectivity index (χ3n) is 2.93. The highest BCUT2D eigenvalue weighted by molar-refractivity contribution is 7.80. The Morgan fingerprint density at radius 2 is 1.71 bits per heavy atom. The van der Waals surface area contributed by atoms with Gasteiger partial charge in [-0.15, -0.1) is 0 Å². The van der Waals surface area contributed by atoms with Crippen molar-refractivity contribution in [3.63, 3.8) is 0 Å². The van der Waals surface area contributed by atoms with Crippen LogP contribution >= 0.6 is 12.2 Å². The van der Waals surface area contributed by atoms with E-state index in [1.165, 1.54) is 17.7 Å². The summed E-state index contributed by atoms with van der Waals surface area (Å²) >= 11 is 5.20. The Hall–Kier alpha value is -2.40. The number of anilines is 1. The van der Waals surface area contributed by atoms with Crippen LogP contribution in [0, 0.1) is 0 Å². The molecule has 2 aromatic rings. The van der Waals surface area contributed by atoms with Gasteiger partial charge >= 0.3 is 5.97 Å². The fraction of sp³-hybridized carbons (Fsp3) is 0.125. The van der Waals surface area contributed by atoms with Crippen molar-refractivity contribution >= 4 is 29.0 Å². The van der Waals surface area contributed by atoms with Crippen molar-refractivity contribution in [2.45, 2.75) is 6.42 Å². The highest BCUT2D eigenvalue weighted by Crippen LogP contribution is 2.09. The van der Waals surface area contributed by atoms with Crippen molar-refractivity contribution < 1.29 is 9.90 Å². The van der Waals surface area contributed by atoms with Gasteiger partial charge in [-0.25, -0.2) is 4.79 Å². The maximum Gasteiger partial charge on any atom is 0.335 e. The van der Waals surface area contributed by atoms with E-state index in [4.69, 9.17) is 17.3 Å². The van der Waals surface area contributed by atoms with Crippen molar-refractivity contribution in [1.29, 1.82) is 0 Å². The fourth-order valence-electron chi connectivity index (χ4n) is 1.84. The summed E-state index contributed by atoms with van der Waals surface area (Å²) in [5.41, 5.74) is 2.26. The molecule has 0 unspecified atom stereocenters. The zero-order valence-electron chi connectivity index (χ0n) is 11.4. The Labute approximate surface area is 128 Å². The summed E-state index contributed by atoms with van der Waals surface area (Å²) in [6, 6.07) is 16.6. The molecule has 0 spiro atoms. The topological polar surface area (TPSA) is 61.4 Å². The third kappa shape index (κ3) is 4.89. The molecule has 0 saturated carbocycles. The van der Waals surface area contributed by atoms with Gasteiger partial charge in [0.2, 0.25) is 0 Å². The molecule has 0 aliphatic heterocycles. The van der Waals surface area contributed by atoms with E-state index in [0.717, 1.165) is 18.7 Å². The lowest BCUT2D eigenvalue weighted by molar-refractivity contribution is 0.0697. The van der Waals surface area contributed by atoms with Gasteiger partial charge in [-0.05, 0) is 48.5 Å². The number of hydrogen-bond acceptors (Lipinski definition) is 2. The number of rotatable bonds is 5. The van der Waals surface area contributed by atoms with Gasteiger partial charge < -0.3 is 15.7 Å². The molecule has 0 radical (unpaired) electrons. The van der Waals surface area contributed by atoms with E-state index in [1.54, 1.807) is 12.1 Å². The molecule has 21 heavy (non-hydrogen) atoms. The maximum atomic E-state index is 10.8. The summed E-state index contributed by atoms with van der Waals surface area (Å²) in [6.07, 6.45) is 0.889. The number of carbonyl (C=O) groups is 1. The molecule has 0 bridgehead atoms. The van der Waals surface area contributed by atoms with E-state index < -0.39 is 5.97 Å². The molecule has 2 aromatic carbocycles. The van der Waals surface area contributed by atoms with Gasteiger partial charge in [0.1, 0.15) is 0 Å². The second-order valence-electron chi connectivity index (χ2n) is 4.50. The predicted octanol–water partition coefficient (Wildman–Crippen LogP) is 2.91. The van der Waals surface area contributed by atoms with Crippen LogP contribution in [0.2, 0.25) is 0 Å². The van der Waals surface area contributed by atoms with Crippen LogP contribution in [0.5, 0.6) is 0 Å². The normalized spacial score (nSPS) is 9.90. The second-order valence-corrected chi connectivity index (χ2v) is 4.91. The summed E-state index contributed by atoms with van der Waals surface area (Å²) in [7, 11) is 0. The van der Waals surface area contributed by atoms with Gasteiger partial charge in [0.05, 0.1) is 5.56 Å². The SMILES string of the molecule is O=C(O)c1ccc(NC(=S)NCCc2ccccc2)cc1. The lowest BCUT2D eigenvalue weighted by Gasteiger charge is -2.10. The fourth-order valence-corrected chi connectivity index (χ4v) is 2.06. The summed E-state index contributed by atoms with van der Waals surface area (Å²) in [4.78, 5) is 10.8. The largest absolute Gasteiger partial charge is 0.478 e. The van der Waals surface area contributed by atoms with Crippen LogP contribution in [0.25, 0.3) is 0 Å². The minimum absolute atomic E-state index is 0.253. The summed E-state index contributed by atoms with van der Waals surface area (Å²) in [5.74, 6) is -0.940. The highest BCUT2D eigenvalue weighted by atomic mass is 32.1. The molecule has 4 nitrogen and oxygen atoms in total. The molecule has 0 atom stereocenters. The average molecular weight is 300 g/mol. The van der Waals surface area contributed by atoms with Crippen molar-refractivity contribution in [3.05, 3.63) is 65.7 Å². The molecule has 108 valence electrons. The first-order chi connectivity index (χ1) is 10.1. The van der Waals surface area contributed by atoms with Gasteiger partial charge in [-0.1, -0.05) is 30.3 Å². The van der Waals surface area contributed by atoms with Gasteiger partial charge in [-0.2, -0.15) is 0 Å². The molecule has 0 aliphatic carbocycles. The molecule has 3 N–H and O–H groups in total. The number of thiocarbonyl (C=S) groups is 1. The van der Waals surface area contributed by atoms with Crippen LogP contribution in [0.15, 0.2) is 54.6 Å². The van der Waals surface area contributed by atoms with Crippen LogP contribution in [0.1, 0.15) is 15.9 Å². The van der Waals surface area contributed by atoms with Gasteiger partial charge in [-0.3, -0.25) is 0 Å². The van der Waals surface area contributed by atoms with Crippen LogP contribution in [0.3, 0.4) is 0 Å². The first-order valence-electron chi connectivity index (χ1n) is 6.57. The first-order valence-corrected chi connectivity index (χ1v) is 6.98. The zero-order valence-corrected chi connectivity index (χ0v) is 12.2. The molecule has 0 saturated heterocycles. The molecule has 0 aliphatic rings. The van der Waals surface area contributed by atoms with E-state index in [-0.39, 0.29) is 5.56 Å². The molecular formula is C16H16N2O2S. The number of carboxylic acid groups (broad SMARTS) is 1. The molecule has 0 fully saturated rings. The molecule has 5 heteroatoms. The Balaban J connectivity index is 1.78. The standard InChI is InChI=1S/C16H16N2O2S/c19-15(20)13-6-8-14(9-7-13)18-16(21)17-11-10-12-4-2-1-3-5-12/h1-9H,10-11H2,(H,19,20)(H2,17,18,21). The lowest BCUT2D eigenvalue weighted by Crippen LogP contribution is -2.30. The average Bonchev–Trinajstić information content (AvgIpc) is 2.49. The lowest BCUT2D eigenvalue weighted by atomic mass is 10.1. The Kier molecular flexibility index (Phi) is 5.29. The van der Waals surface area contributed by atoms with E-state index in [0.29, 0.717) is 5.11 Å². The third-order valence-corrected chi connectivity index (χ3v) is 3.18. The van der Waals surface area contributed by atoms with Crippen LogP contribution in [-0.2, 0) is 6.42 Å². The minimum Gasteiger partial charge on any atom is -0.478 e. The van der Waals surface area contributed by atoms with E-state index >= 15 is 0 Å². The second kappa shape index (κ2) is 7.40. The number of nitrogens with one attached hydrogen (secondary N) is 2. The number of hydrogen-bond donors (Lipinski definition) is 3. The Bertz CT molecular complexity index is 612. The predicted molar refractivity (Wildman–Crippen MR) is 87.8 cm³/mol. The zero-order chi connectivity index (χ0) is 15.1. The quantitative estimate of drug-likeness (QED) is 0.741. The highest BCUT2D eigenvalue weighted by Gasteiger charge is 2.02. The first kappa shape index (κ1) is 15.0. The van der Waals surface area contributed by atoms with Crippen molar-refractivity contribution in [3.8, 4) is 0 Å². The van der Waals surface area contributed by atoms with Gasteiger partial charge in [0.25, 0.3) is 0 Å².